The second kappa shape index (κ2) is 6.57. The molecule has 1 N–H and O–H groups in total. The zero-order valence-corrected chi connectivity index (χ0v) is 14.3. The van der Waals surface area contributed by atoms with E-state index in [1.165, 1.54) is 12.8 Å². The van der Waals surface area contributed by atoms with Crippen LogP contribution in [0.25, 0.3) is 0 Å². The molecule has 0 amide bonds. The second-order valence-electron chi connectivity index (χ2n) is 5.09. The Morgan fingerprint density at radius 2 is 1.90 bits per heavy atom. The van der Waals surface area contributed by atoms with Crippen molar-refractivity contribution in [1.29, 1.82) is 0 Å². The van der Waals surface area contributed by atoms with E-state index in [0.717, 1.165) is 16.6 Å². The van der Waals surface area contributed by atoms with Gasteiger partial charge in [0.2, 0.25) is 0 Å². The van der Waals surface area contributed by atoms with Crippen LogP contribution in [0, 0.1) is 0 Å². The van der Waals surface area contributed by atoms with Crippen molar-refractivity contribution in [2.45, 2.75) is 25.4 Å². The minimum atomic E-state index is 0.556. The van der Waals surface area contributed by atoms with E-state index in [4.69, 9.17) is 27.9 Å². The fourth-order valence-electron chi connectivity index (χ4n) is 1.96. The van der Waals surface area contributed by atoms with E-state index in [0.29, 0.717) is 27.6 Å². The summed E-state index contributed by atoms with van der Waals surface area (Å²) in [5.74, 6) is 1.29. The van der Waals surface area contributed by atoms with Gasteiger partial charge in [0.25, 0.3) is 0 Å². The lowest BCUT2D eigenvalue weighted by Crippen LogP contribution is -2.15. The Labute approximate surface area is 142 Å². The van der Waals surface area contributed by atoms with Gasteiger partial charge in [0.05, 0.1) is 5.02 Å². The van der Waals surface area contributed by atoms with Gasteiger partial charge in [-0.15, -0.1) is 0 Å². The van der Waals surface area contributed by atoms with E-state index in [2.05, 4.69) is 21.2 Å². The van der Waals surface area contributed by atoms with E-state index in [9.17, 15) is 0 Å². The van der Waals surface area contributed by atoms with Crippen LogP contribution >= 0.6 is 39.1 Å². The van der Waals surface area contributed by atoms with Gasteiger partial charge in [0.15, 0.2) is 0 Å². The van der Waals surface area contributed by atoms with Crippen molar-refractivity contribution in [3.8, 4) is 11.5 Å². The topological polar surface area (TPSA) is 21.3 Å². The molecule has 3 rings (SSSR count). The highest BCUT2D eigenvalue weighted by Crippen LogP contribution is 2.33. The maximum Gasteiger partial charge on any atom is 0.146 e. The highest BCUT2D eigenvalue weighted by molar-refractivity contribution is 9.10. The van der Waals surface area contributed by atoms with Gasteiger partial charge in [-0.25, -0.2) is 0 Å². The molecule has 1 aliphatic carbocycles. The largest absolute Gasteiger partial charge is 0.456 e. The maximum absolute atomic E-state index is 6.30. The standard InChI is InChI=1S/C16H14BrCl2NO/c17-11-2-6-16(15(19)7-11)21-13-5-1-10(14(18)8-13)9-20-12-3-4-12/h1-2,5-8,12,20H,3-4,9H2. The first-order valence-electron chi connectivity index (χ1n) is 6.76. The fraction of sp³-hybridized carbons (Fsp3) is 0.250. The molecule has 5 heteroatoms. The molecular formula is C16H14BrCl2NO. The summed E-state index contributed by atoms with van der Waals surface area (Å²) in [7, 11) is 0. The van der Waals surface area contributed by atoms with Gasteiger partial charge in [-0.1, -0.05) is 45.2 Å². The lowest BCUT2D eigenvalue weighted by atomic mass is 10.2. The summed E-state index contributed by atoms with van der Waals surface area (Å²) in [5.41, 5.74) is 1.08. The lowest BCUT2D eigenvalue weighted by Gasteiger charge is -2.10. The van der Waals surface area contributed by atoms with Gasteiger partial charge >= 0.3 is 0 Å². The molecule has 0 atom stereocenters. The molecule has 0 bridgehead atoms. The molecule has 0 saturated heterocycles. The first-order valence-corrected chi connectivity index (χ1v) is 8.31. The first-order chi connectivity index (χ1) is 10.1. The Balaban J connectivity index is 1.71. The third-order valence-corrected chi connectivity index (χ3v) is 4.45. The van der Waals surface area contributed by atoms with Crippen molar-refractivity contribution in [3.05, 3.63) is 56.5 Å². The molecule has 21 heavy (non-hydrogen) atoms. The SMILES string of the molecule is Clc1cc(Oc2ccc(Br)cc2Cl)ccc1CNC1CC1. The quantitative estimate of drug-likeness (QED) is 0.700. The number of hydrogen-bond donors (Lipinski definition) is 1. The third kappa shape index (κ3) is 4.13. The van der Waals surface area contributed by atoms with Gasteiger partial charge < -0.3 is 10.1 Å². The number of benzene rings is 2. The van der Waals surface area contributed by atoms with Crippen LogP contribution in [0.1, 0.15) is 18.4 Å². The Morgan fingerprint density at radius 3 is 2.57 bits per heavy atom. The Hall–Kier alpha value is -0.740. The summed E-state index contributed by atoms with van der Waals surface area (Å²) < 4.78 is 6.70. The Kier molecular flexibility index (Phi) is 4.75. The average molecular weight is 387 g/mol. The van der Waals surface area contributed by atoms with Gasteiger partial charge in [-0.2, -0.15) is 0 Å². The number of halogens is 3. The van der Waals surface area contributed by atoms with Crippen LogP contribution < -0.4 is 10.1 Å². The van der Waals surface area contributed by atoms with Crippen LogP contribution in [-0.2, 0) is 6.54 Å². The molecule has 2 aromatic carbocycles. The molecule has 1 fully saturated rings. The maximum atomic E-state index is 6.30. The number of nitrogens with one attached hydrogen (secondary N) is 1. The molecule has 2 aromatic rings. The minimum absolute atomic E-state index is 0.556. The van der Waals surface area contributed by atoms with Crippen LogP contribution in [0.3, 0.4) is 0 Å². The fourth-order valence-corrected chi connectivity index (χ4v) is 2.91. The van der Waals surface area contributed by atoms with Crippen molar-refractivity contribution < 1.29 is 4.74 Å². The number of ether oxygens (including phenoxy) is 1. The van der Waals surface area contributed by atoms with Crippen LogP contribution in [0.4, 0.5) is 0 Å². The van der Waals surface area contributed by atoms with Crippen LogP contribution in [0.15, 0.2) is 40.9 Å². The minimum Gasteiger partial charge on any atom is -0.456 e. The normalized spacial score (nSPS) is 14.2. The van der Waals surface area contributed by atoms with E-state index >= 15 is 0 Å². The predicted molar refractivity (Wildman–Crippen MR) is 90.5 cm³/mol. The smallest absolute Gasteiger partial charge is 0.146 e. The highest BCUT2D eigenvalue weighted by atomic mass is 79.9. The number of hydrogen-bond acceptors (Lipinski definition) is 2. The van der Waals surface area contributed by atoms with Gasteiger partial charge in [0.1, 0.15) is 11.5 Å². The lowest BCUT2D eigenvalue weighted by molar-refractivity contribution is 0.482. The molecule has 2 nitrogen and oxygen atoms in total. The molecule has 1 aliphatic rings. The molecule has 0 aromatic heterocycles. The van der Waals surface area contributed by atoms with Crippen LogP contribution in [0.5, 0.6) is 11.5 Å². The van der Waals surface area contributed by atoms with Gasteiger partial charge in [0, 0.05) is 22.1 Å². The summed E-state index contributed by atoms with van der Waals surface area (Å²) in [6.45, 7) is 0.794. The number of rotatable bonds is 5. The van der Waals surface area contributed by atoms with Crippen molar-refractivity contribution in [3.63, 3.8) is 0 Å². The van der Waals surface area contributed by atoms with Gasteiger partial charge in [-0.3, -0.25) is 0 Å². The van der Waals surface area contributed by atoms with Crippen LogP contribution in [0.2, 0.25) is 10.0 Å². The van der Waals surface area contributed by atoms with Crippen molar-refractivity contribution >= 4 is 39.1 Å². The monoisotopic (exact) mass is 385 g/mol. The molecule has 0 spiro atoms. The average Bonchev–Trinajstić information content (AvgIpc) is 3.25. The Bertz CT molecular complexity index is 659. The van der Waals surface area contributed by atoms with E-state index in [1.54, 1.807) is 6.07 Å². The molecule has 110 valence electrons. The molecule has 0 unspecified atom stereocenters. The predicted octanol–water partition coefficient (Wildman–Crippen LogP) is 5.80. The van der Waals surface area contributed by atoms with Crippen molar-refractivity contribution in [2.24, 2.45) is 0 Å². The van der Waals surface area contributed by atoms with Crippen LogP contribution in [-0.4, -0.2) is 6.04 Å². The van der Waals surface area contributed by atoms with Crippen molar-refractivity contribution in [1.82, 2.24) is 5.32 Å². The molecule has 0 heterocycles. The zero-order valence-electron chi connectivity index (χ0n) is 11.2. The molecule has 0 radical (unpaired) electrons. The highest BCUT2D eigenvalue weighted by Gasteiger charge is 2.20. The first kappa shape index (κ1) is 15.2. The summed E-state index contributed by atoms with van der Waals surface area (Å²) >= 11 is 15.8. The summed E-state index contributed by atoms with van der Waals surface area (Å²) in [6, 6.07) is 11.9. The summed E-state index contributed by atoms with van der Waals surface area (Å²) in [5, 5.41) is 4.70. The summed E-state index contributed by atoms with van der Waals surface area (Å²) in [4.78, 5) is 0. The van der Waals surface area contributed by atoms with E-state index < -0.39 is 0 Å². The van der Waals surface area contributed by atoms with Crippen molar-refractivity contribution in [2.75, 3.05) is 0 Å². The zero-order chi connectivity index (χ0) is 14.8. The second-order valence-corrected chi connectivity index (χ2v) is 6.82. The molecule has 1 saturated carbocycles. The Morgan fingerprint density at radius 1 is 1.10 bits per heavy atom. The molecular weight excluding hydrogens is 373 g/mol. The summed E-state index contributed by atoms with van der Waals surface area (Å²) in [6.07, 6.45) is 2.53. The third-order valence-electron chi connectivity index (χ3n) is 3.30. The molecule has 0 aliphatic heterocycles. The van der Waals surface area contributed by atoms with Gasteiger partial charge in [-0.05, 0) is 48.7 Å². The van der Waals surface area contributed by atoms with E-state index in [1.807, 2.05) is 30.3 Å². The van der Waals surface area contributed by atoms with E-state index in [-0.39, 0.29) is 0 Å².